The molecule has 0 saturated heterocycles. The first-order valence-electron chi connectivity index (χ1n) is 13.7. The fraction of sp³-hybridized carbons (Fsp3) is 0.344. The van der Waals surface area contributed by atoms with Crippen LogP contribution in [-0.4, -0.2) is 38.1 Å². The molecule has 0 aliphatic carbocycles. The molecule has 40 heavy (non-hydrogen) atoms. The number of carbonyl (C=O) groups is 1. The Morgan fingerprint density at radius 2 is 1.80 bits per heavy atom. The molecule has 0 unspecified atom stereocenters. The number of benzene rings is 2. The van der Waals surface area contributed by atoms with Crippen molar-refractivity contribution in [2.75, 3.05) is 6.54 Å². The van der Waals surface area contributed by atoms with Gasteiger partial charge in [0.2, 0.25) is 0 Å². The number of pyridine rings is 2. The molecule has 7 nitrogen and oxygen atoms in total. The van der Waals surface area contributed by atoms with Gasteiger partial charge in [-0.3, -0.25) is 9.69 Å². The number of carbonyl (C=O) groups excluding carboxylic acids is 1. The van der Waals surface area contributed by atoms with Crippen LogP contribution in [0.3, 0.4) is 0 Å². The Morgan fingerprint density at radius 3 is 2.52 bits per heavy atom. The maximum Gasteiger partial charge on any atom is 0.343 e. The quantitative estimate of drug-likeness (QED) is 0.284. The van der Waals surface area contributed by atoms with E-state index in [1.54, 1.807) is 17.6 Å². The number of para-hydroxylation sites is 1. The maximum absolute atomic E-state index is 13.7. The monoisotopic (exact) mass is 559 g/mol. The zero-order valence-electron chi connectivity index (χ0n) is 23.0. The van der Waals surface area contributed by atoms with Crippen molar-refractivity contribution in [3.05, 3.63) is 98.8 Å². The molecule has 0 saturated carbocycles. The number of fused-ring (bicyclic) bond motifs is 5. The summed E-state index contributed by atoms with van der Waals surface area (Å²) < 4.78 is 6.95. The van der Waals surface area contributed by atoms with Crippen LogP contribution < -0.4 is 5.56 Å². The van der Waals surface area contributed by atoms with Crippen molar-refractivity contribution in [3.63, 3.8) is 0 Å². The third-order valence-corrected chi connectivity index (χ3v) is 8.32. The van der Waals surface area contributed by atoms with Crippen molar-refractivity contribution in [3.8, 4) is 11.4 Å². The minimum absolute atomic E-state index is 0. The molecule has 4 aromatic rings. The van der Waals surface area contributed by atoms with Gasteiger partial charge in [-0.2, -0.15) is 0 Å². The zero-order chi connectivity index (χ0) is 27.3. The highest BCUT2D eigenvalue weighted by Gasteiger charge is 2.45. The van der Waals surface area contributed by atoms with Gasteiger partial charge in [0.15, 0.2) is 5.60 Å². The molecule has 208 valence electrons. The Hall–Kier alpha value is -3.52. The third kappa shape index (κ3) is 4.52. The summed E-state index contributed by atoms with van der Waals surface area (Å²) in [5.41, 5.74) is 4.38. The van der Waals surface area contributed by atoms with Gasteiger partial charge in [0.25, 0.3) is 5.56 Å². The van der Waals surface area contributed by atoms with Crippen LogP contribution in [0.15, 0.2) is 65.5 Å². The maximum atomic E-state index is 13.7. The van der Waals surface area contributed by atoms with Gasteiger partial charge in [-0.05, 0) is 49.9 Å². The molecule has 1 N–H and O–H groups in total. The largest absolute Gasteiger partial charge is 0.458 e. The van der Waals surface area contributed by atoms with Crippen LogP contribution in [0.2, 0.25) is 0 Å². The minimum Gasteiger partial charge on any atom is -0.458 e. The van der Waals surface area contributed by atoms with E-state index in [1.807, 2.05) is 24.3 Å². The lowest BCUT2D eigenvalue weighted by Crippen LogP contribution is -2.44. The first-order chi connectivity index (χ1) is 18.8. The van der Waals surface area contributed by atoms with E-state index in [9.17, 15) is 14.7 Å². The van der Waals surface area contributed by atoms with Gasteiger partial charge < -0.3 is 14.4 Å². The lowest BCUT2D eigenvalue weighted by Gasteiger charge is -2.31. The minimum atomic E-state index is -1.83. The number of nitrogens with zero attached hydrogens (tertiary/aromatic N) is 3. The van der Waals surface area contributed by atoms with Crippen molar-refractivity contribution >= 4 is 29.3 Å². The summed E-state index contributed by atoms with van der Waals surface area (Å²) in [6, 6.07) is 20.8. The van der Waals surface area contributed by atoms with E-state index >= 15 is 0 Å². The molecular formula is C32H34ClN3O4. The normalized spacial score (nSPS) is 17.4. The molecule has 0 amide bonds. The molecule has 0 bridgehead atoms. The molecule has 2 aliphatic rings. The number of ether oxygens (including phenoxy) is 1. The highest BCUT2D eigenvalue weighted by Crippen LogP contribution is 2.40. The molecule has 2 aliphatic heterocycles. The van der Waals surface area contributed by atoms with Crippen molar-refractivity contribution in [1.82, 2.24) is 14.5 Å². The van der Waals surface area contributed by atoms with Gasteiger partial charge in [0.1, 0.15) is 6.61 Å². The van der Waals surface area contributed by atoms with Crippen LogP contribution in [0, 0.1) is 0 Å². The van der Waals surface area contributed by atoms with Gasteiger partial charge in [-0.1, -0.05) is 55.5 Å². The second-order valence-electron chi connectivity index (χ2n) is 10.8. The van der Waals surface area contributed by atoms with Gasteiger partial charge in [0.05, 0.1) is 29.0 Å². The summed E-state index contributed by atoms with van der Waals surface area (Å²) in [5, 5.41) is 12.3. The highest BCUT2D eigenvalue weighted by molar-refractivity contribution is 5.89. The molecule has 6 rings (SSSR count). The molecule has 0 fully saturated rings. The van der Waals surface area contributed by atoms with Crippen molar-refractivity contribution in [2.24, 2.45) is 0 Å². The summed E-state index contributed by atoms with van der Waals surface area (Å²) in [4.78, 5) is 33.7. The van der Waals surface area contributed by atoms with E-state index in [0.717, 1.165) is 41.7 Å². The molecule has 4 heterocycles. The van der Waals surface area contributed by atoms with Gasteiger partial charge in [-0.15, -0.1) is 12.4 Å². The molecule has 2 aromatic heterocycles. The van der Waals surface area contributed by atoms with Crippen LogP contribution in [0.1, 0.15) is 55.0 Å². The molecule has 0 spiro atoms. The fourth-order valence-electron chi connectivity index (χ4n) is 5.99. The van der Waals surface area contributed by atoms with Crippen LogP contribution >= 0.6 is 12.4 Å². The van der Waals surface area contributed by atoms with Crippen LogP contribution in [0.5, 0.6) is 0 Å². The van der Waals surface area contributed by atoms with Crippen molar-refractivity contribution in [2.45, 2.75) is 65.0 Å². The number of aromatic nitrogens is 2. The summed E-state index contributed by atoms with van der Waals surface area (Å²) in [6.45, 7) is 8.15. The van der Waals surface area contributed by atoms with E-state index in [1.165, 1.54) is 11.1 Å². The van der Waals surface area contributed by atoms with E-state index in [2.05, 4.69) is 49.1 Å². The first kappa shape index (κ1) is 28.0. The Kier molecular flexibility index (Phi) is 7.57. The smallest absolute Gasteiger partial charge is 0.343 e. The lowest BCUT2D eigenvalue weighted by molar-refractivity contribution is -0.172. The summed E-state index contributed by atoms with van der Waals surface area (Å²) >= 11 is 0. The summed E-state index contributed by atoms with van der Waals surface area (Å²) in [7, 11) is 0. The van der Waals surface area contributed by atoms with Gasteiger partial charge in [0, 0.05) is 35.6 Å². The van der Waals surface area contributed by atoms with E-state index < -0.39 is 11.6 Å². The highest BCUT2D eigenvalue weighted by atomic mass is 35.5. The molecule has 8 heteroatoms. The average Bonchev–Trinajstić information content (AvgIpc) is 3.31. The number of rotatable bonds is 7. The van der Waals surface area contributed by atoms with E-state index in [0.29, 0.717) is 29.4 Å². The lowest BCUT2D eigenvalue weighted by atomic mass is 9.86. The number of halogens is 1. The topological polar surface area (TPSA) is 84.7 Å². The second-order valence-corrected chi connectivity index (χ2v) is 10.8. The van der Waals surface area contributed by atoms with E-state index in [-0.39, 0.29) is 31.0 Å². The Labute approximate surface area is 239 Å². The third-order valence-electron chi connectivity index (χ3n) is 8.32. The standard InChI is InChI=1S/C32H33N3O4.ClH/c1-4-32(38)26-16-28-29-24(18-35(28)30(36)25(26)19-39-31(32)37)22(23-12-8-9-13-27(23)33-29)14-15-34(20(2)3)17-21-10-6-5-7-11-21;/h5-13,16,20,38H,4,14-15,17-19H2,1-3H3;1H/t32-;/m0./s1. The number of cyclic esters (lactones) is 1. The summed E-state index contributed by atoms with van der Waals surface area (Å²) in [5.74, 6) is -0.709. The van der Waals surface area contributed by atoms with Crippen LogP contribution in [-0.2, 0) is 41.2 Å². The summed E-state index contributed by atoms with van der Waals surface area (Å²) in [6.07, 6.45) is 0.927. The van der Waals surface area contributed by atoms with Crippen LogP contribution in [0.25, 0.3) is 22.3 Å². The SMILES string of the molecule is CC[C@@]1(O)C(=O)OCc2c1cc1n(c2=O)Cc2c-1nc1ccccc1c2CCN(Cc1ccccc1)C(C)C.Cl. The Bertz CT molecular complexity index is 1650. The second kappa shape index (κ2) is 10.8. The van der Waals surface area contributed by atoms with Gasteiger partial charge >= 0.3 is 5.97 Å². The van der Waals surface area contributed by atoms with E-state index in [4.69, 9.17) is 9.72 Å². The fourth-order valence-corrected chi connectivity index (χ4v) is 5.99. The Morgan fingerprint density at radius 1 is 1.07 bits per heavy atom. The molecule has 0 radical (unpaired) electrons. The van der Waals surface area contributed by atoms with Crippen molar-refractivity contribution in [1.29, 1.82) is 0 Å². The number of hydrogen-bond acceptors (Lipinski definition) is 6. The first-order valence-corrected chi connectivity index (χ1v) is 13.7. The molecule has 2 aromatic carbocycles. The molecular weight excluding hydrogens is 526 g/mol. The predicted octanol–water partition coefficient (Wildman–Crippen LogP) is 4.95. The van der Waals surface area contributed by atoms with Crippen LogP contribution in [0.4, 0.5) is 0 Å². The number of hydrogen-bond donors (Lipinski definition) is 1. The molecule has 1 atom stereocenters. The van der Waals surface area contributed by atoms with Gasteiger partial charge in [-0.25, -0.2) is 9.78 Å². The predicted molar refractivity (Wildman–Crippen MR) is 157 cm³/mol. The number of esters is 1. The zero-order valence-corrected chi connectivity index (χ0v) is 23.8. The Balaban J connectivity index is 0.00000323. The van der Waals surface area contributed by atoms with Crippen molar-refractivity contribution < 1.29 is 14.6 Å². The number of aliphatic hydroxyl groups is 1. The average molecular weight is 560 g/mol.